The summed E-state index contributed by atoms with van der Waals surface area (Å²) >= 11 is 0. The molecule has 3 nitrogen and oxygen atoms in total. The molecule has 136 valence electrons. The number of rotatable bonds is 8. The summed E-state index contributed by atoms with van der Waals surface area (Å²) in [7, 11) is 6.39. The van der Waals surface area contributed by atoms with E-state index < -0.39 is 0 Å². The molecule has 0 amide bonds. The number of hydrogen-bond acceptors (Lipinski definition) is 3. The summed E-state index contributed by atoms with van der Waals surface area (Å²) in [5, 5.41) is 12.0. The molecule has 0 aliphatic heterocycles. The first-order valence-electron chi connectivity index (χ1n) is 8.84. The third kappa shape index (κ3) is 4.34. The second-order valence-electron chi connectivity index (χ2n) is 6.67. The minimum Gasteiger partial charge on any atom is -0.504 e. The van der Waals surface area contributed by atoms with Crippen molar-refractivity contribution < 1.29 is 9.84 Å². The van der Waals surface area contributed by atoms with E-state index in [-0.39, 0.29) is 10.9 Å². The van der Waals surface area contributed by atoms with Crippen molar-refractivity contribution in [3.8, 4) is 11.5 Å². The summed E-state index contributed by atoms with van der Waals surface area (Å²) in [6.45, 7) is 5.35. The van der Waals surface area contributed by atoms with Gasteiger partial charge in [0.2, 0.25) is 0 Å². The lowest BCUT2D eigenvalue weighted by Gasteiger charge is -2.34. The lowest BCUT2D eigenvalue weighted by Crippen LogP contribution is -2.24. The molecule has 0 aliphatic rings. The zero-order valence-electron chi connectivity index (χ0n) is 16.0. The molecule has 0 aliphatic carbocycles. The Morgan fingerprint density at radius 2 is 1.72 bits per heavy atom. The van der Waals surface area contributed by atoms with Gasteiger partial charge in [-0.15, -0.1) is 0 Å². The molecule has 25 heavy (non-hydrogen) atoms. The van der Waals surface area contributed by atoms with E-state index in [1.54, 1.807) is 7.11 Å². The molecule has 0 saturated carbocycles. The van der Waals surface area contributed by atoms with Gasteiger partial charge in [-0.2, -0.15) is 0 Å². The fraction of sp³-hybridized carbons (Fsp3) is 0.429. The second kappa shape index (κ2) is 8.69. The van der Waals surface area contributed by atoms with E-state index in [0.29, 0.717) is 14.3 Å². The Morgan fingerprint density at radius 3 is 2.32 bits per heavy atom. The van der Waals surface area contributed by atoms with E-state index in [1.807, 2.05) is 18.2 Å². The minimum absolute atomic E-state index is 0.0823. The summed E-state index contributed by atoms with van der Waals surface area (Å²) in [4.78, 5) is 2.20. The molecule has 1 unspecified atom stereocenters. The van der Waals surface area contributed by atoms with Gasteiger partial charge in [0.25, 0.3) is 0 Å². The van der Waals surface area contributed by atoms with Crippen molar-refractivity contribution in [2.75, 3.05) is 21.2 Å². The number of aromatic hydroxyl groups is 1. The van der Waals surface area contributed by atoms with Gasteiger partial charge in [-0.05, 0) is 43.9 Å². The Kier molecular flexibility index (Phi) is 6.87. The Morgan fingerprint density at radius 1 is 1.04 bits per heavy atom. The number of hydrogen-bond donors (Lipinski definition) is 1. The molecular weight excluding hydrogens is 329 g/mol. The molecule has 2 rings (SSSR count). The molecule has 0 spiro atoms. The summed E-state index contributed by atoms with van der Waals surface area (Å²) in [6, 6.07) is 14.5. The number of ether oxygens (including phenoxy) is 1. The largest absolute Gasteiger partial charge is 0.504 e. The van der Waals surface area contributed by atoms with E-state index in [9.17, 15) is 5.11 Å². The molecule has 0 aromatic heterocycles. The van der Waals surface area contributed by atoms with Crippen LogP contribution in [0.5, 0.6) is 11.5 Å². The number of nitrogens with zero attached hydrogens (tertiary/aromatic N) is 1. The van der Waals surface area contributed by atoms with Crippen molar-refractivity contribution >= 4 is 13.9 Å². The van der Waals surface area contributed by atoms with Gasteiger partial charge in [-0.25, -0.2) is 0 Å². The van der Waals surface area contributed by atoms with Crippen molar-refractivity contribution in [1.82, 2.24) is 4.90 Å². The molecule has 2 aromatic carbocycles. The van der Waals surface area contributed by atoms with Gasteiger partial charge < -0.3 is 14.7 Å². The molecule has 0 bridgehead atoms. The third-order valence-electron chi connectivity index (χ3n) is 4.82. The number of methoxy groups -OCH3 is 1. The summed E-state index contributed by atoms with van der Waals surface area (Å²) in [6.07, 6.45) is 1.94. The highest BCUT2D eigenvalue weighted by Gasteiger charge is 2.33. The predicted molar refractivity (Wildman–Crippen MR) is 109 cm³/mol. The molecule has 0 radical (unpaired) electrons. The van der Waals surface area contributed by atoms with Crippen LogP contribution < -0.4 is 10.0 Å². The Bertz CT molecular complexity index is 696. The first-order chi connectivity index (χ1) is 12.0. The molecule has 0 saturated heterocycles. The van der Waals surface area contributed by atoms with Crippen LogP contribution in [0.2, 0.25) is 0 Å². The van der Waals surface area contributed by atoms with Gasteiger partial charge in [0, 0.05) is 17.3 Å². The third-order valence-corrected chi connectivity index (χ3v) is 7.03. The fourth-order valence-corrected chi connectivity index (χ4v) is 5.03. The quantitative estimate of drug-likeness (QED) is 0.705. The number of para-hydroxylation sites is 1. The van der Waals surface area contributed by atoms with E-state index in [2.05, 4.69) is 57.1 Å². The Balaban J connectivity index is 2.49. The maximum absolute atomic E-state index is 10.8. The molecule has 1 atom stereocenters. The van der Waals surface area contributed by atoms with E-state index in [4.69, 9.17) is 4.74 Å². The van der Waals surface area contributed by atoms with Gasteiger partial charge in [0.15, 0.2) is 11.5 Å². The maximum atomic E-state index is 10.8. The summed E-state index contributed by atoms with van der Waals surface area (Å²) in [5.74, 6) is 0.835. The lowest BCUT2D eigenvalue weighted by atomic mass is 9.91. The highest BCUT2D eigenvalue weighted by molar-refractivity contribution is 7.48. The monoisotopic (exact) mass is 359 g/mol. The first kappa shape index (κ1) is 19.8. The Labute approximate surface area is 153 Å². The maximum Gasteiger partial charge on any atom is 0.161 e. The van der Waals surface area contributed by atoms with Crippen molar-refractivity contribution in [2.45, 2.75) is 38.4 Å². The number of phenolic OH excluding ortho intramolecular Hbond substituents is 1. The van der Waals surface area contributed by atoms with Crippen molar-refractivity contribution in [2.24, 2.45) is 0 Å². The highest BCUT2D eigenvalue weighted by atomic mass is 31.1. The summed E-state index contributed by atoms with van der Waals surface area (Å²) in [5.41, 5.74) is 2.36. The van der Waals surface area contributed by atoms with Crippen LogP contribution in [0.25, 0.3) is 0 Å². The van der Waals surface area contributed by atoms with Gasteiger partial charge in [-0.1, -0.05) is 58.8 Å². The van der Waals surface area contributed by atoms with E-state index in [0.717, 1.165) is 24.9 Å². The highest BCUT2D eigenvalue weighted by Crippen LogP contribution is 2.51. The van der Waals surface area contributed by atoms with Gasteiger partial charge >= 0.3 is 0 Å². The molecule has 1 N–H and O–H groups in total. The van der Waals surface area contributed by atoms with Crippen LogP contribution in [-0.4, -0.2) is 31.2 Å². The molecule has 4 heteroatoms. The van der Waals surface area contributed by atoms with Crippen LogP contribution in [0, 0.1) is 0 Å². The molecular formula is C21H30NO2P. The van der Waals surface area contributed by atoms with Crippen molar-refractivity contribution in [1.29, 1.82) is 0 Å². The van der Waals surface area contributed by atoms with Crippen LogP contribution in [0.1, 0.15) is 37.8 Å². The normalized spacial score (nSPS) is 12.2. The SMILES string of the molecule is CCC(CC)(Pc1ccccc1CN(C)C)c1cccc(OC)c1O. The van der Waals surface area contributed by atoms with Crippen molar-refractivity contribution in [3.63, 3.8) is 0 Å². The number of benzene rings is 2. The van der Waals surface area contributed by atoms with Gasteiger partial charge in [-0.3, -0.25) is 0 Å². The smallest absolute Gasteiger partial charge is 0.161 e. The summed E-state index contributed by atoms with van der Waals surface area (Å²) < 4.78 is 5.34. The molecule has 2 aromatic rings. The molecule has 0 heterocycles. The molecule has 0 fully saturated rings. The average molecular weight is 359 g/mol. The second-order valence-corrected chi connectivity index (χ2v) is 8.41. The topological polar surface area (TPSA) is 32.7 Å². The van der Waals surface area contributed by atoms with Crippen LogP contribution in [-0.2, 0) is 11.7 Å². The van der Waals surface area contributed by atoms with E-state index >= 15 is 0 Å². The van der Waals surface area contributed by atoms with Crippen LogP contribution in [0.3, 0.4) is 0 Å². The number of phenols is 1. The standard InChI is InChI=1S/C21H30NO2P/c1-6-21(7-2,17-12-10-13-18(24-5)20(17)23)25-19-14-9-8-11-16(19)15-22(3)4/h8-14,23,25H,6-7,15H2,1-5H3. The zero-order valence-corrected chi connectivity index (χ0v) is 17.0. The average Bonchev–Trinajstić information content (AvgIpc) is 2.61. The predicted octanol–water partition coefficient (Wildman–Crippen LogP) is 4.48. The van der Waals surface area contributed by atoms with Crippen LogP contribution in [0.15, 0.2) is 42.5 Å². The first-order valence-corrected chi connectivity index (χ1v) is 9.84. The lowest BCUT2D eigenvalue weighted by molar-refractivity contribution is 0.365. The zero-order chi connectivity index (χ0) is 18.4. The van der Waals surface area contributed by atoms with Crippen molar-refractivity contribution in [3.05, 3.63) is 53.6 Å². The van der Waals surface area contributed by atoms with Crippen LogP contribution >= 0.6 is 8.58 Å². The van der Waals surface area contributed by atoms with Gasteiger partial charge in [0.05, 0.1) is 7.11 Å². The fourth-order valence-electron chi connectivity index (χ4n) is 3.33. The van der Waals surface area contributed by atoms with E-state index in [1.165, 1.54) is 10.9 Å². The van der Waals surface area contributed by atoms with Gasteiger partial charge in [0.1, 0.15) is 0 Å². The minimum atomic E-state index is -0.0823. The van der Waals surface area contributed by atoms with Crippen LogP contribution in [0.4, 0.5) is 0 Å². The Hall–Kier alpha value is -1.57.